The Balaban J connectivity index is 2.67. The van der Waals surface area contributed by atoms with E-state index in [9.17, 15) is 13.2 Å². The second kappa shape index (κ2) is 10.5. The van der Waals surface area contributed by atoms with Crippen LogP contribution in [0, 0.1) is 6.92 Å². The molecular formula is C18H28O5S. The van der Waals surface area contributed by atoms with Crippen molar-refractivity contribution in [2.24, 2.45) is 0 Å². The van der Waals surface area contributed by atoms with E-state index < -0.39 is 16.2 Å². The fraction of sp³-hybridized carbons (Fsp3) is 0.611. The number of esters is 1. The molecule has 0 N–H and O–H groups in total. The molecule has 0 aromatic heterocycles. The first-order valence-electron chi connectivity index (χ1n) is 8.54. The van der Waals surface area contributed by atoms with Crippen molar-refractivity contribution in [2.75, 3.05) is 6.61 Å². The third kappa shape index (κ3) is 7.45. The highest BCUT2D eigenvalue weighted by Crippen LogP contribution is 2.16. The summed E-state index contributed by atoms with van der Waals surface area (Å²) in [6.45, 7) is 5.71. The Kier molecular flexibility index (Phi) is 9.00. The minimum Gasteiger partial charge on any atom is -0.460 e. The number of ether oxygens (including phenoxy) is 1. The molecule has 0 heterocycles. The predicted molar refractivity (Wildman–Crippen MR) is 93.2 cm³/mol. The van der Waals surface area contributed by atoms with Crippen molar-refractivity contribution in [1.29, 1.82) is 0 Å². The topological polar surface area (TPSA) is 69.7 Å². The van der Waals surface area contributed by atoms with E-state index in [1.807, 2.05) is 13.8 Å². The third-order valence-electron chi connectivity index (χ3n) is 3.60. The predicted octanol–water partition coefficient (Wildman–Crippen LogP) is 3.99. The van der Waals surface area contributed by atoms with Crippen LogP contribution in [0.3, 0.4) is 0 Å². The molecule has 0 aliphatic rings. The molecule has 1 unspecified atom stereocenters. The van der Waals surface area contributed by atoms with Gasteiger partial charge < -0.3 is 4.74 Å². The van der Waals surface area contributed by atoms with Crippen molar-refractivity contribution in [3.05, 3.63) is 29.8 Å². The Morgan fingerprint density at radius 2 is 1.75 bits per heavy atom. The highest BCUT2D eigenvalue weighted by atomic mass is 32.2. The molecule has 1 aromatic carbocycles. The Bertz CT molecular complexity index is 592. The molecule has 0 amide bonds. The van der Waals surface area contributed by atoms with Crippen LogP contribution in [-0.2, 0) is 23.8 Å². The second-order valence-corrected chi connectivity index (χ2v) is 7.52. The van der Waals surface area contributed by atoms with E-state index in [0.717, 1.165) is 24.8 Å². The van der Waals surface area contributed by atoms with Gasteiger partial charge in [-0.2, -0.15) is 8.42 Å². The van der Waals surface area contributed by atoms with Crippen molar-refractivity contribution in [1.82, 2.24) is 0 Å². The number of carbonyl (C=O) groups excluding carboxylic acids is 1. The first-order valence-corrected chi connectivity index (χ1v) is 9.95. The molecule has 0 aliphatic heterocycles. The zero-order valence-corrected chi connectivity index (χ0v) is 15.6. The van der Waals surface area contributed by atoms with E-state index in [0.29, 0.717) is 19.3 Å². The maximum absolute atomic E-state index is 12.2. The van der Waals surface area contributed by atoms with Crippen molar-refractivity contribution in [2.45, 2.75) is 70.3 Å². The lowest BCUT2D eigenvalue weighted by Gasteiger charge is -2.18. The van der Waals surface area contributed by atoms with Gasteiger partial charge in [-0.05, 0) is 38.3 Å². The molecule has 0 spiro atoms. The van der Waals surface area contributed by atoms with Crippen molar-refractivity contribution in [3.8, 4) is 0 Å². The summed E-state index contributed by atoms with van der Waals surface area (Å²) in [5, 5.41) is 0. The number of aryl methyl sites for hydroxylation is 1. The lowest BCUT2D eigenvalue weighted by atomic mass is 10.1. The Labute approximate surface area is 145 Å². The van der Waals surface area contributed by atoms with Crippen LogP contribution < -0.4 is 0 Å². The lowest BCUT2D eigenvalue weighted by Crippen LogP contribution is -2.25. The lowest BCUT2D eigenvalue weighted by molar-refractivity contribution is -0.151. The smallest absolute Gasteiger partial charge is 0.306 e. The summed E-state index contributed by atoms with van der Waals surface area (Å²) in [6, 6.07) is 6.46. The standard InChI is InChI=1S/C18H28O5S/c1-4-6-7-9-16(23-18(19)8-5-2)14-22-24(20,21)17-12-10-15(3)11-13-17/h10-13,16H,4-9,14H2,1-3H3. The van der Waals surface area contributed by atoms with Crippen LogP contribution in [0.2, 0.25) is 0 Å². The monoisotopic (exact) mass is 356 g/mol. The number of rotatable bonds is 11. The molecule has 136 valence electrons. The molecule has 0 saturated carbocycles. The minimum absolute atomic E-state index is 0.111. The molecule has 0 aliphatic carbocycles. The van der Waals surface area contributed by atoms with Gasteiger partial charge in [0.2, 0.25) is 0 Å². The van der Waals surface area contributed by atoms with Crippen molar-refractivity contribution < 1.29 is 22.1 Å². The van der Waals surface area contributed by atoms with E-state index in [-0.39, 0.29) is 17.5 Å². The van der Waals surface area contributed by atoms with Crippen LogP contribution in [0.25, 0.3) is 0 Å². The van der Waals surface area contributed by atoms with E-state index in [4.69, 9.17) is 8.92 Å². The summed E-state index contributed by atoms with van der Waals surface area (Å²) in [4.78, 5) is 11.8. The van der Waals surface area contributed by atoms with Crippen LogP contribution in [-0.4, -0.2) is 27.1 Å². The average Bonchev–Trinajstić information content (AvgIpc) is 2.53. The Morgan fingerprint density at radius 3 is 2.33 bits per heavy atom. The molecular weight excluding hydrogens is 328 g/mol. The second-order valence-electron chi connectivity index (χ2n) is 5.91. The Morgan fingerprint density at radius 1 is 1.08 bits per heavy atom. The zero-order chi connectivity index (χ0) is 18.0. The molecule has 1 rings (SSSR count). The molecule has 1 aromatic rings. The van der Waals surface area contributed by atoms with E-state index in [1.165, 1.54) is 12.1 Å². The summed E-state index contributed by atoms with van der Waals surface area (Å²) in [6.07, 6.45) is 4.01. The van der Waals surface area contributed by atoms with Gasteiger partial charge in [0.05, 0.1) is 4.90 Å². The van der Waals surface area contributed by atoms with E-state index >= 15 is 0 Å². The highest BCUT2D eigenvalue weighted by Gasteiger charge is 2.20. The van der Waals surface area contributed by atoms with Gasteiger partial charge in [-0.1, -0.05) is 44.4 Å². The molecule has 5 nitrogen and oxygen atoms in total. The largest absolute Gasteiger partial charge is 0.460 e. The third-order valence-corrected chi connectivity index (χ3v) is 4.90. The van der Waals surface area contributed by atoms with Gasteiger partial charge >= 0.3 is 5.97 Å². The van der Waals surface area contributed by atoms with Crippen LogP contribution in [0.1, 0.15) is 57.9 Å². The molecule has 0 saturated heterocycles. The molecule has 0 radical (unpaired) electrons. The summed E-state index contributed by atoms with van der Waals surface area (Å²) < 4.78 is 34.9. The van der Waals surface area contributed by atoms with Gasteiger partial charge in [-0.3, -0.25) is 8.98 Å². The number of benzene rings is 1. The molecule has 0 fully saturated rings. The summed E-state index contributed by atoms with van der Waals surface area (Å²) in [7, 11) is -3.84. The quantitative estimate of drug-likeness (QED) is 0.341. The van der Waals surface area contributed by atoms with Crippen LogP contribution in [0.15, 0.2) is 29.2 Å². The zero-order valence-electron chi connectivity index (χ0n) is 14.8. The summed E-state index contributed by atoms with van der Waals surface area (Å²) >= 11 is 0. The first-order chi connectivity index (χ1) is 11.4. The van der Waals surface area contributed by atoms with Crippen LogP contribution in [0.4, 0.5) is 0 Å². The van der Waals surface area contributed by atoms with Crippen LogP contribution in [0.5, 0.6) is 0 Å². The van der Waals surface area contributed by atoms with Crippen LogP contribution >= 0.6 is 0 Å². The number of hydrogen-bond acceptors (Lipinski definition) is 5. The van der Waals surface area contributed by atoms with Gasteiger partial charge in [0.25, 0.3) is 10.1 Å². The maximum atomic E-state index is 12.2. The van der Waals surface area contributed by atoms with Crippen molar-refractivity contribution in [3.63, 3.8) is 0 Å². The van der Waals surface area contributed by atoms with Gasteiger partial charge in [0, 0.05) is 6.42 Å². The fourth-order valence-electron chi connectivity index (χ4n) is 2.19. The molecule has 6 heteroatoms. The van der Waals surface area contributed by atoms with Crippen molar-refractivity contribution >= 4 is 16.1 Å². The molecule has 24 heavy (non-hydrogen) atoms. The average molecular weight is 356 g/mol. The number of carbonyl (C=O) groups is 1. The van der Waals surface area contributed by atoms with E-state index in [2.05, 4.69) is 6.92 Å². The number of hydrogen-bond donors (Lipinski definition) is 0. The number of unbranched alkanes of at least 4 members (excludes halogenated alkanes) is 2. The fourth-order valence-corrected chi connectivity index (χ4v) is 3.12. The van der Waals surface area contributed by atoms with E-state index in [1.54, 1.807) is 12.1 Å². The van der Waals surface area contributed by atoms with Gasteiger partial charge in [0.15, 0.2) is 0 Å². The molecule has 0 bridgehead atoms. The molecule has 1 atom stereocenters. The maximum Gasteiger partial charge on any atom is 0.306 e. The van der Waals surface area contributed by atoms with Gasteiger partial charge in [-0.25, -0.2) is 0 Å². The SMILES string of the molecule is CCCCCC(COS(=O)(=O)c1ccc(C)cc1)OC(=O)CCC. The van der Waals surface area contributed by atoms with Gasteiger partial charge in [-0.15, -0.1) is 0 Å². The summed E-state index contributed by atoms with van der Waals surface area (Å²) in [5.74, 6) is -0.310. The normalized spacial score (nSPS) is 12.8. The summed E-state index contributed by atoms with van der Waals surface area (Å²) in [5.41, 5.74) is 0.972. The first kappa shape index (κ1) is 20.6. The highest BCUT2D eigenvalue weighted by molar-refractivity contribution is 7.86. The minimum atomic E-state index is -3.84. The van der Waals surface area contributed by atoms with Gasteiger partial charge in [0.1, 0.15) is 12.7 Å². The Hall–Kier alpha value is -1.40.